The van der Waals surface area contributed by atoms with E-state index in [0.717, 1.165) is 11.5 Å². The number of halogens is 3. The number of para-hydroxylation sites is 1. The molecule has 0 spiro atoms. The first-order valence-corrected chi connectivity index (χ1v) is 9.55. The molecule has 0 bridgehead atoms. The van der Waals surface area contributed by atoms with Crippen molar-refractivity contribution < 1.29 is 22.5 Å². The molecule has 0 fully saturated rings. The van der Waals surface area contributed by atoms with Gasteiger partial charge in [0.05, 0.1) is 12.0 Å². The highest BCUT2D eigenvalue weighted by molar-refractivity contribution is 5.93. The van der Waals surface area contributed by atoms with E-state index in [0.29, 0.717) is 22.5 Å². The van der Waals surface area contributed by atoms with Crippen LogP contribution in [-0.4, -0.2) is 25.7 Å². The molecule has 0 unspecified atom stereocenters. The third-order valence-electron chi connectivity index (χ3n) is 4.91. The predicted octanol–water partition coefficient (Wildman–Crippen LogP) is 4.74. The van der Waals surface area contributed by atoms with Gasteiger partial charge in [0.25, 0.3) is 0 Å². The molecule has 1 amide bonds. The summed E-state index contributed by atoms with van der Waals surface area (Å²) in [5, 5.41) is 11.4. The highest BCUT2D eigenvalue weighted by Crippen LogP contribution is 2.36. The number of hydrogen-bond acceptors (Lipinski definition) is 5. The molecule has 0 aliphatic heterocycles. The minimum Gasteiger partial charge on any atom is -0.356 e. The third kappa shape index (κ3) is 3.66. The monoisotopic (exact) mass is 437 g/mol. The van der Waals surface area contributed by atoms with Crippen LogP contribution in [0.25, 0.3) is 27.7 Å². The number of rotatable bonds is 4. The number of hydrogen-bond donors (Lipinski definition) is 1. The van der Waals surface area contributed by atoms with Gasteiger partial charge in [0.2, 0.25) is 11.9 Å². The van der Waals surface area contributed by atoms with Crippen molar-refractivity contribution in [2.75, 3.05) is 5.32 Å². The summed E-state index contributed by atoms with van der Waals surface area (Å²) < 4.78 is 46.6. The maximum absolute atomic E-state index is 13.4. The van der Waals surface area contributed by atoms with Crippen molar-refractivity contribution in [1.29, 1.82) is 0 Å². The quantitative estimate of drug-likeness (QED) is 0.439. The van der Waals surface area contributed by atoms with Crippen molar-refractivity contribution in [2.45, 2.75) is 12.6 Å². The maximum Gasteiger partial charge on any atom is 0.417 e. The molecule has 0 saturated heterocycles. The van der Waals surface area contributed by atoms with Crippen LogP contribution in [0.5, 0.6) is 0 Å². The summed E-state index contributed by atoms with van der Waals surface area (Å²) in [6.45, 7) is 0. The number of anilines is 1. The number of nitrogens with one attached hydrogen (secondary N) is 1. The van der Waals surface area contributed by atoms with E-state index < -0.39 is 17.6 Å². The second kappa shape index (κ2) is 7.49. The molecular formula is C22H14F3N5O2. The Morgan fingerprint density at radius 1 is 1.03 bits per heavy atom. The molecule has 160 valence electrons. The van der Waals surface area contributed by atoms with E-state index in [1.54, 1.807) is 18.2 Å². The van der Waals surface area contributed by atoms with Crippen molar-refractivity contribution in [1.82, 2.24) is 19.8 Å². The maximum atomic E-state index is 13.4. The van der Waals surface area contributed by atoms with E-state index in [2.05, 4.69) is 20.6 Å². The summed E-state index contributed by atoms with van der Waals surface area (Å²) in [5.41, 5.74) is 1.04. The first-order chi connectivity index (χ1) is 15.4. The summed E-state index contributed by atoms with van der Waals surface area (Å²) >= 11 is 0. The number of carbonyl (C=O) groups excluding carboxylic acids is 1. The molecule has 2 aromatic carbocycles. The fourth-order valence-electron chi connectivity index (χ4n) is 3.46. The molecule has 0 saturated carbocycles. The Hall–Kier alpha value is -4.21. The largest absolute Gasteiger partial charge is 0.417 e. The zero-order valence-electron chi connectivity index (χ0n) is 16.3. The van der Waals surface area contributed by atoms with Gasteiger partial charge in [-0.1, -0.05) is 35.5 Å². The van der Waals surface area contributed by atoms with Crippen molar-refractivity contribution in [2.24, 2.45) is 0 Å². The Morgan fingerprint density at radius 3 is 2.66 bits per heavy atom. The Labute approximate surface area is 178 Å². The van der Waals surface area contributed by atoms with Gasteiger partial charge >= 0.3 is 6.18 Å². The summed E-state index contributed by atoms with van der Waals surface area (Å²) in [4.78, 5) is 16.6. The van der Waals surface area contributed by atoms with Crippen molar-refractivity contribution in [3.05, 3.63) is 78.1 Å². The van der Waals surface area contributed by atoms with Gasteiger partial charge in [0.15, 0.2) is 11.2 Å². The molecule has 1 N–H and O–H groups in total. The molecule has 5 rings (SSSR count). The number of fused-ring (bicyclic) bond motifs is 2. The van der Waals surface area contributed by atoms with Gasteiger partial charge in [-0.15, -0.1) is 5.10 Å². The van der Waals surface area contributed by atoms with Gasteiger partial charge < -0.3 is 4.52 Å². The second-order valence-corrected chi connectivity index (χ2v) is 7.05. The summed E-state index contributed by atoms with van der Waals surface area (Å²) in [7, 11) is 0. The van der Waals surface area contributed by atoms with Crippen LogP contribution in [0.4, 0.5) is 19.1 Å². The molecular weight excluding hydrogens is 423 g/mol. The molecule has 32 heavy (non-hydrogen) atoms. The van der Waals surface area contributed by atoms with E-state index >= 15 is 0 Å². The van der Waals surface area contributed by atoms with E-state index in [1.807, 2.05) is 6.07 Å². The highest BCUT2D eigenvalue weighted by Gasteiger charge is 2.33. The number of pyridine rings is 1. The van der Waals surface area contributed by atoms with Crippen molar-refractivity contribution in [3.63, 3.8) is 0 Å². The van der Waals surface area contributed by atoms with Gasteiger partial charge in [-0.05, 0) is 35.9 Å². The van der Waals surface area contributed by atoms with Crippen molar-refractivity contribution >= 4 is 28.5 Å². The predicted molar refractivity (Wildman–Crippen MR) is 110 cm³/mol. The van der Waals surface area contributed by atoms with Gasteiger partial charge in [-0.25, -0.2) is 4.52 Å². The zero-order valence-corrected chi connectivity index (χ0v) is 16.3. The topological polar surface area (TPSA) is 85.3 Å². The first-order valence-electron chi connectivity index (χ1n) is 9.55. The average molecular weight is 437 g/mol. The standard InChI is InChI=1S/C22H14F3N5O2/c23-22(24,25)16-7-3-1-5-14(16)13-9-10-19-26-21(28-30(19)12-13)27-20(31)11-17-15-6-2-4-8-18(15)32-29-17/h1-10,12H,11H2,(H,27,28,31). The van der Waals surface area contributed by atoms with Crippen LogP contribution in [0.1, 0.15) is 11.3 Å². The van der Waals surface area contributed by atoms with Crippen LogP contribution < -0.4 is 5.32 Å². The molecule has 3 heterocycles. The SMILES string of the molecule is O=C(Cc1noc2ccccc12)Nc1nc2ccc(-c3ccccc3C(F)(F)F)cn2n1. The molecule has 0 aliphatic rings. The summed E-state index contributed by atoms with van der Waals surface area (Å²) in [6.07, 6.45) is -3.09. The lowest BCUT2D eigenvalue weighted by atomic mass is 10.0. The first kappa shape index (κ1) is 19.7. The van der Waals surface area contributed by atoms with Crippen LogP contribution in [0.2, 0.25) is 0 Å². The van der Waals surface area contributed by atoms with Crippen LogP contribution in [0.15, 0.2) is 71.4 Å². The Balaban J connectivity index is 1.40. The van der Waals surface area contributed by atoms with Gasteiger partial charge in [0.1, 0.15) is 5.69 Å². The zero-order chi connectivity index (χ0) is 22.3. The number of alkyl halides is 3. The minimum absolute atomic E-state index is 0.0286. The number of carbonyl (C=O) groups is 1. The van der Waals surface area contributed by atoms with E-state index in [-0.39, 0.29) is 17.9 Å². The third-order valence-corrected chi connectivity index (χ3v) is 4.91. The molecule has 0 aliphatic carbocycles. The normalized spacial score (nSPS) is 11.8. The lowest BCUT2D eigenvalue weighted by Gasteiger charge is -2.12. The molecule has 5 aromatic rings. The van der Waals surface area contributed by atoms with Gasteiger partial charge in [0, 0.05) is 17.1 Å². The smallest absolute Gasteiger partial charge is 0.356 e. The van der Waals surface area contributed by atoms with Crippen LogP contribution in [0, 0.1) is 0 Å². The number of nitrogens with zero attached hydrogens (tertiary/aromatic N) is 4. The number of amides is 1. The molecule has 0 atom stereocenters. The molecule has 7 nitrogen and oxygen atoms in total. The van der Waals surface area contributed by atoms with Gasteiger partial charge in [-0.3, -0.25) is 10.1 Å². The Morgan fingerprint density at radius 2 is 1.81 bits per heavy atom. The molecule has 10 heteroatoms. The average Bonchev–Trinajstić information content (AvgIpc) is 3.36. The lowest BCUT2D eigenvalue weighted by Crippen LogP contribution is -2.15. The lowest BCUT2D eigenvalue weighted by molar-refractivity contribution is -0.137. The molecule has 3 aromatic heterocycles. The van der Waals surface area contributed by atoms with Crippen LogP contribution in [-0.2, 0) is 17.4 Å². The number of aromatic nitrogens is 4. The Kier molecular flexibility index (Phi) is 4.62. The van der Waals surface area contributed by atoms with Crippen LogP contribution in [0.3, 0.4) is 0 Å². The highest BCUT2D eigenvalue weighted by atomic mass is 19.4. The van der Waals surface area contributed by atoms with E-state index in [1.165, 1.54) is 41.0 Å². The van der Waals surface area contributed by atoms with Crippen molar-refractivity contribution in [3.8, 4) is 11.1 Å². The minimum atomic E-state index is -4.49. The summed E-state index contributed by atoms with van der Waals surface area (Å²) in [6, 6.07) is 15.5. The van der Waals surface area contributed by atoms with E-state index in [9.17, 15) is 18.0 Å². The molecule has 0 radical (unpaired) electrons. The fourth-order valence-corrected chi connectivity index (χ4v) is 3.46. The summed E-state index contributed by atoms with van der Waals surface area (Å²) in [5.74, 6) is -0.369. The van der Waals surface area contributed by atoms with Crippen LogP contribution >= 0.6 is 0 Å². The Bertz CT molecular complexity index is 1460. The van der Waals surface area contributed by atoms with Gasteiger partial charge in [-0.2, -0.15) is 18.2 Å². The number of benzene rings is 2. The van der Waals surface area contributed by atoms with E-state index in [4.69, 9.17) is 4.52 Å². The fraction of sp³-hybridized carbons (Fsp3) is 0.0909. The second-order valence-electron chi connectivity index (χ2n) is 7.05.